The van der Waals surface area contributed by atoms with Crippen LogP contribution in [0.1, 0.15) is 15.9 Å². The quantitative estimate of drug-likeness (QED) is 0.537. The van der Waals surface area contributed by atoms with Gasteiger partial charge in [0.05, 0.1) is 0 Å². The number of nitrogens with two attached hydrogens (primary N) is 3. The number of rotatable bonds is 2. The van der Waals surface area contributed by atoms with Gasteiger partial charge < -0.3 is 17.2 Å². The van der Waals surface area contributed by atoms with E-state index in [0.717, 1.165) is 0 Å². The van der Waals surface area contributed by atoms with Gasteiger partial charge in [-0.1, -0.05) is 12.1 Å². The fourth-order valence-electron chi connectivity index (χ4n) is 1.65. The van der Waals surface area contributed by atoms with Crippen LogP contribution in [0.15, 0.2) is 42.5 Å². The predicted octanol–water partition coefficient (Wildman–Crippen LogP) is 1.66. The number of nitrogen functional groups attached to an aromatic ring is 3. The Kier molecular flexibility index (Phi) is 2.70. The van der Waals surface area contributed by atoms with Crippen LogP contribution in [0.25, 0.3) is 0 Å². The molecule has 86 valence electrons. The van der Waals surface area contributed by atoms with Gasteiger partial charge >= 0.3 is 0 Å². The fourth-order valence-corrected chi connectivity index (χ4v) is 1.65. The molecule has 0 saturated carbocycles. The third kappa shape index (κ3) is 2.36. The summed E-state index contributed by atoms with van der Waals surface area (Å²) in [5.41, 5.74) is 19.4. The highest BCUT2D eigenvalue weighted by Gasteiger charge is 2.10. The van der Waals surface area contributed by atoms with Crippen LogP contribution in [-0.4, -0.2) is 5.78 Å². The topological polar surface area (TPSA) is 95.1 Å². The Morgan fingerprint density at radius 3 is 1.94 bits per heavy atom. The van der Waals surface area contributed by atoms with Gasteiger partial charge in [-0.3, -0.25) is 4.79 Å². The molecule has 0 aliphatic rings. The Hall–Kier alpha value is -2.49. The van der Waals surface area contributed by atoms with Crippen molar-refractivity contribution in [1.29, 1.82) is 0 Å². The smallest absolute Gasteiger partial charge is 0.193 e. The van der Waals surface area contributed by atoms with Crippen LogP contribution in [0.2, 0.25) is 0 Å². The van der Waals surface area contributed by atoms with Gasteiger partial charge in [0.2, 0.25) is 0 Å². The molecule has 0 amide bonds. The van der Waals surface area contributed by atoms with Gasteiger partial charge in [0, 0.05) is 28.2 Å². The predicted molar refractivity (Wildman–Crippen MR) is 69.6 cm³/mol. The normalized spacial score (nSPS) is 10.1. The summed E-state index contributed by atoms with van der Waals surface area (Å²) in [6.07, 6.45) is 0. The standard InChI is InChI=1S/C13H13N3O/c14-10-3-1-2-8(4-10)13(17)9-5-11(15)7-12(16)6-9/h1-7H,14-16H2. The molecule has 0 saturated heterocycles. The molecular weight excluding hydrogens is 214 g/mol. The van der Waals surface area contributed by atoms with Crippen molar-refractivity contribution in [1.82, 2.24) is 0 Å². The molecule has 0 heterocycles. The minimum atomic E-state index is -0.142. The zero-order valence-electron chi connectivity index (χ0n) is 9.18. The molecule has 0 aromatic heterocycles. The van der Waals surface area contributed by atoms with Gasteiger partial charge in [-0.05, 0) is 30.3 Å². The molecule has 0 aliphatic heterocycles. The average molecular weight is 227 g/mol. The molecule has 0 atom stereocenters. The maximum absolute atomic E-state index is 12.1. The Balaban J connectivity index is 2.43. The lowest BCUT2D eigenvalue weighted by atomic mass is 10.0. The van der Waals surface area contributed by atoms with E-state index in [4.69, 9.17) is 17.2 Å². The first-order valence-corrected chi connectivity index (χ1v) is 5.12. The van der Waals surface area contributed by atoms with Crippen molar-refractivity contribution in [2.75, 3.05) is 17.2 Å². The maximum atomic E-state index is 12.1. The zero-order valence-corrected chi connectivity index (χ0v) is 9.18. The third-order valence-corrected chi connectivity index (χ3v) is 2.39. The number of hydrogen-bond acceptors (Lipinski definition) is 4. The summed E-state index contributed by atoms with van der Waals surface area (Å²) in [7, 11) is 0. The van der Waals surface area contributed by atoms with Gasteiger partial charge in [-0.15, -0.1) is 0 Å². The third-order valence-electron chi connectivity index (χ3n) is 2.39. The summed E-state index contributed by atoms with van der Waals surface area (Å²) < 4.78 is 0. The summed E-state index contributed by atoms with van der Waals surface area (Å²) >= 11 is 0. The molecule has 0 aliphatic carbocycles. The SMILES string of the molecule is Nc1cccc(C(=O)c2cc(N)cc(N)c2)c1. The van der Waals surface area contributed by atoms with Crippen molar-refractivity contribution in [3.8, 4) is 0 Å². The number of hydrogen-bond donors (Lipinski definition) is 3. The Morgan fingerprint density at radius 1 is 0.765 bits per heavy atom. The van der Waals surface area contributed by atoms with Gasteiger partial charge in [-0.2, -0.15) is 0 Å². The Labute approximate surface area is 99.0 Å². The minimum Gasteiger partial charge on any atom is -0.399 e. The molecule has 6 N–H and O–H groups in total. The van der Waals surface area contributed by atoms with Crippen LogP contribution in [0.3, 0.4) is 0 Å². The number of carbonyl (C=O) groups excluding carboxylic acids is 1. The van der Waals surface area contributed by atoms with Crippen LogP contribution in [0, 0.1) is 0 Å². The molecule has 2 rings (SSSR count). The highest BCUT2D eigenvalue weighted by atomic mass is 16.1. The van der Waals surface area contributed by atoms with Crippen LogP contribution in [0.4, 0.5) is 17.1 Å². The van der Waals surface area contributed by atoms with E-state index in [0.29, 0.717) is 28.2 Å². The monoisotopic (exact) mass is 227 g/mol. The van der Waals surface area contributed by atoms with E-state index >= 15 is 0 Å². The molecule has 2 aromatic rings. The Morgan fingerprint density at radius 2 is 1.35 bits per heavy atom. The van der Waals surface area contributed by atoms with Crippen LogP contribution < -0.4 is 17.2 Å². The molecule has 0 bridgehead atoms. The van der Waals surface area contributed by atoms with Crippen molar-refractivity contribution >= 4 is 22.8 Å². The summed E-state index contributed by atoms with van der Waals surface area (Å²) in [6.45, 7) is 0. The molecule has 4 nitrogen and oxygen atoms in total. The van der Waals surface area contributed by atoms with E-state index in [2.05, 4.69) is 0 Å². The summed E-state index contributed by atoms with van der Waals surface area (Å²) in [5.74, 6) is -0.142. The summed E-state index contributed by atoms with van der Waals surface area (Å²) in [4.78, 5) is 12.1. The minimum absolute atomic E-state index is 0.142. The molecule has 2 aromatic carbocycles. The lowest BCUT2D eigenvalue weighted by Gasteiger charge is -2.05. The molecule has 0 spiro atoms. The van der Waals surface area contributed by atoms with Gasteiger partial charge in [-0.25, -0.2) is 0 Å². The van der Waals surface area contributed by atoms with Crippen LogP contribution in [0.5, 0.6) is 0 Å². The Bertz CT molecular complexity index is 558. The van der Waals surface area contributed by atoms with Crippen molar-refractivity contribution in [3.05, 3.63) is 53.6 Å². The fraction of sp³-hybridized carbons (Fsp3) is 0. The molecule has 0 radical (unpaired) electrons. The van der Waals surface area contributed by atoms with Crippen molar-refractivity contribution < 1.29 is 4.79 Å². The van der Waals surface area contributed by atoms with E-state index < -0.39 is 0 Å². The number of anilines is 3. The lowest BCUT2D eigenvalue weighted by Crippen LogP contribution is -2.04. The molecule has 0 fully saturated rings. The first-order valence-electron chi connectivity index (χ1n) is 5.12. The second-order valence-corrected chi connectivity index (χ2v) is 3.84. The van der Waals surface area contributed by atoms with Crippen LogP contribution >= 0.6 is 0 Å². The number of carbonyl (C=O) groups is 1. The first kappa shape index (κ1) is 11.0. The second kappa shape index (κ2) is 4.17. The maximum Gasteiger partial charge on any atom is 0.193 e. The van der Waals surface area contributed by atoms with E-state index in [1.165, 1.54) is 0 Å². The van der Waals surface area contributed by atoms with E-state index in [1.807, 2.05) is 0 Å². The number of benzene rings is 2. The van der Waals surface area contributed by atoms with Gasteiger partial charge in [0.15, 0.2) is 5.78 Å². The van der Waals surface area contributed by atoms with Crippen molar-refractivity contribution in [2.45, 2.75) is 0 Å². The zero-order chi connectivity index (χ0) is 12.4. The molecule has 17 heavy (non-hydrogen) atoms. The highest BCUT2D eigenvalue weighted by Crippen LogP contribution is 2.18. The lowest BCUT2D eigenvalue weighted by molar-refractivity contribution is 0.103. The van der Waals surface area contributed by atoms with Crippen molar-refractivity contribution in [2.24, 2.45) is 0 Å². The van der Waals surface area contributed by atoms with Gasteiger partial charge in [0.25, 0.3) is 0 Å². The largest absolute Gasteiger partial charge is 0.399 e. The second-order valence-electron chi connectivity index (χ2n) is 3.84. The highest BCUT2D eigenvalue weighted by molar-refractivity contribution is 6.10. The molecule has 0 unspecified atom stereocenters. The summed E-state index contributed by atoms with van der Waals surface area (Å²) in [5, 5.41) is 0. The van der Waals surface area contributed by atoms with E-state index in [1.54, 1.807) is 42.5 Å². The van der Waals surface area contributed by atoms with Crippen molar-refractivity contribution in [3.63, 3.8) is 0 Å². The number of ketones is 1. The molecular formula is C13H13N3O. The van der Waals surface area contributed by atoms with E-state index in [-0.39, 0.29) is 5.78 Å². The van der Waals surface area contributed by atoms with Crippen LogP contribution in [-0.2, 0) is 0 Å². The first-order chi connectivity index (χ1) is 8.06. The molecule has 4 heteroatoms. The van der Waals surface area contributed by atoms with Gasteiger partial charge in [0.1, 0.15) is 0 Å². The van der Waals surface area contributed by atoms with E-state index in [9.17, 15) is 4.79 Å². The average Bonchev–Trinajstić information content (AvgIpc) is 2.26. The summed E-state index contributed by atoms with van der Waals surface area (Å²) in [6, 6.07) is 11.6.